The van der Waals surface area contributed by atoms with E-state index in [1.165, 1.54) is 5.57 Å². The Kier molecular flexibility index (Phi) is 1.31. The molecule has 2 aliphatic rings. The number of hydrogen-bond acceptors (Lipinski definition) is 2. The smallest absolute Gasteiger partial charge is 0.0859 e. The number of halogens is 1. The topological polar surface area (TPSA) is 24.7 Å². The molecule has 0 N–H and O–H groups in total. The lowest BCUT2D eigenvalue weighted by atomic mass is 10.1. The number of allylic oxidation sites excluding steroid dienone is 2. The molecule has 2 nitrogen and oxygen atoms in total. The maximum atomic E-state index is 4.11. The molecule has 0 unspecified atom stereocenters. The van der Waals surface area contributed by atoms with E-state index in [0.29, 0.717) is 0 Å². The van der Waals surface area contributed by atoms with Crippen molar-refractivity contribution in [3.8, 4) is 0 Å². The molecule has 2 rings (SSSR count). The molecule has 0 radical (unpaired) electrons. The van der Waals surface area contributed by atoms with Crippen molar-refractivity contribution in [1.82, 2.24) is 0 Å². The van der Waals surface area contributed by atoms with Gasteiger partial charge in [0, 0.05) is 12.4 Å². The highest BCUT2D eigenvalue weighted by Crippen LogP contribution is 2.26. The normalized spacial score (nSPS) is 27.9. The molecule has 1 atom stereocenters. The Morgan fingerprint density at radius 2 is 2.40 bits per heavy atom. The van der Waals surface area contributed by atoms with Gasteiger partial charge < -0.3 is 0 Å². The number of hydrogen-bond donors (Lipinski definition) is 0. The number of aliphatic imine (C=N–C) groups is 2. The van der Waals surface area contributed by atoms with Crippen LogP contribution in [0.2, 0.25) is 0 Å². The fourth-order valence-corrected chi connectivity index (χ4v) is 1.49. The largest absolute Gasteiger partial charge is 0.265 e. The molecule has 0 saturated carbocycles. The van der Waals surface area contributed by atoms with Crippen LogP contribution in [-0.4, -0.2) is 17.3 Å². The first-order chi connectivity index (χ1) is 4.88. The summed E-state index contributed by atoms with van der Waals surface area (Å²) in [6.45, 7) is 0. The van der Waals surface area contributed by atoms with Crippen molar-refractivity contribution in [2.75, 3.05) is 0 Å². The fraction of sp³-hybridized carbons (Fsp3) is 0.143. The van der Waals surface area contributed by atoms with Gasteiger partial charge in [0.15, 0.2) is 0 Å². The van der Waals surface area contributed by atoms with Crippen molar-refractivity contribution in [1.29, 1.82) is 0 Å². The summed E-state index contributed by atoms with van der Waals surface area (Å²) >= 11 is 3.46. The second-order valence-corrected chi connectivity index (χ2v) is 3.10. The number of nitrogens with zero attached hydrogens (tertiary/aromatic N) is 2. The number of rotatable bonds is 0. The second kappa shape index (κ2) is 2.16. The zero-order chi connectivity index (χ0) is 6.97. The Morgan fingerprint density at radius 3 is 3.20 bits per heavy atom. The summed E-state index contributed by atoms with van der Waals surface area (Å²) < 4.78 is 0. The van der Waals surface area contributed by atoms with Crippen molar-refractivity contribution in [3.05, 3.63) is 23.5 Å². The molecule has 0 aromatic rings. The van der Waals surface area contributed by atoms with Gasteiger partial charge in [-0.3, -0.25) is 9.98 Å². The number of alkyl halides is 1. The van der Waals surface area contributed by atoms with E-state index in [2.05, 4.69) is 25.9 Å². The van der Waals surface area contributed by atoms with Crippen LogP contribution in [0.4, 0.5) is 0 Å². The van der Waals surface area contributed by atoms with Crippen LogP contribution in [0.3, 0.4) is 0 Å². The molecule has 0 amide bonds. The summed E-state index contributed by atoms with van der Waals surface area (Å²) in [4.78, 5) is 8.37. The van der Waals surface area contributed by atoms with Crippen molar-refractivity contribution in [3.63, 3.8) is 0 Å². The van der Waals surface area contributed by atoms with Gasteiger partial charge in [-0.05, 0) is 11.6 Å². The van der Waals surface area contributed by atoms with Crippen molar-refractivity contribution >= 4 is 28.4 Å². The Balaban J connectivity index is 2.45. The summed E-state index contributed by atoms with van der Waals surface area (Å²) in [5, 5.41) is 0. The van der Waals surface area contributed by atoms with Gasteiger partial charge >= 0.3 is 0 Å². The van der Waals surface area contributed by atoms with Gasteiger partial charge in [0.25, 0.3) is 0 Å². The quantitative estimate of drug-likeness (QED) is 0.528. The highest BCUT2D eigenvalue weighted by atomic mass is 79.9. The minimum absolute atomic E-state index is 0.245. The molecule has 0 aliphatic carbocycles. The first kappa shape index (κ1) is 6.04. The first-order valence-electron chi connectivity index (χ1n) is 3.00. The van der Waals surface area contributed by atoms with Crippen LogP contribution >= 0.6 is 15.9 Å². The van der Waals surface area contributed by atoms with E-state index in [1.807, 2.05) is 12.3 Å². The Hall–Kier alpha value is -0.700. The van der Waals surface area contributed by atoms with Gasteiger partial charge in [0.05, 0.1) is 16.7 Å². The third kappa shape index (κ3) is 0.778. The predicted octanol–water partition coefficient (Wildman–Crippen LogP) is 1.69. The van der Waals surface area contributed by atoms with E-state index in [-0.39, 0.29) is 4.83 Å². The van der Waals surface area contributed by atoms with Crippen LogP contribution < -0.4 is 0 Å². The summed E-state index contributed by atoms with van der Waals surface area (Å²) in [6, 6.07) is 0. The molecule has 0 fully saturated rings. The maximum Gasteiger partial charge on any atom is 0.0859 e. The van der Waals surface area contributed by atoms with Crippen LogP contribution in [0.5, 0.6) is 0 Å². The third-order valence-corrected chi connectivity index (χ3v) is 2.20. The van der Waals surface area contributed by atoms with Gasteiger partial charge in [-0.15, -0.1) is 0 Å². The fourth-order valence-electron chi connectivity index (χ4n) is 0.968. The zero-order valence-corrected chi connectivity index (χ0v) is 6.75. The Morgan fingerprint density at radius 1 is 1.50 bits per heavy atom. The highest BCUT2D eigenvalue weighted by Gasteiger charge is 2.17. The van der Waals surface area contributed by atoms with E-state index in [4.69, 9.17) is 0 Å². The van der Waals surface area contributed by atoms with Crippen LogP contribution in [0.25, 0.3) is 0 Å². The van der Waals surface area contributed by atoms with Gasteiger partial charge in [-0.25, -0.2) is 0 Å². The van der Waals surface area contributed by atoms with E-state index in [1.54, 1.807) is 12.4 Å². The van der Waals surface area contributed by atoms with E-state index in [9.17, 15) is 0 Å². The average Bonchev–Trinajstić information content (AvgIpc) is 2.36. The molecule has 50 valence electrons. The minimum Gasteiger partial charge on any atom is -0.265 e. The van der Waals surface area contributed by atoms with Gasteiger partial charge in [0.2, 0.25) is 0 Å². The molecule has 3 heteroatoms. The number of fused-ring (bicyclic) bond motifs is 1. The lowest BCUT2D eigenvalue weighted by Crippen LogP contribution is -2.06. The van der Waals surface area contributed by atoms with Crippen LogP contribution in [0.1, 0.15) is 0 Å². The highest BCUT2D eigenvalue weighted by molar-refractivity contribution is 9.10. The summed E-state index contributed by atoms with van der Waals surface area (Å²) in [7, 11) is 0. The summed E-state index contributed by atoms with van der Waals surface area (Å²) in [5.41, 5.74) is 2.18. The Labute approximate surface area is 67.2 Å². The van der Waals surface area contributed by atoms with Gasteiger partial charge in [0.1, 0.15) is 0 Å². The molecular formula is C7H5BrN2. The maximum absolute atomic E-state index is 4.11. The van der Waals surface area contributed by atoms with Crippen molar-refractivity contribution in [2.24, 2.45) is 9.98 Å². The molecule has 0 saturated heterocycles. The third-order valence-electron chi connectivity index (χ3n) is 1.47. The van der Waals surface area contributed by atoms with E-state index in [0.717, 1.165) is 5.70 Å². The first-order valence-corrected chi connectivity index (χ1v) is 3.91. The monoisotopic (exact) mass is 196 g/mol. The van der Waals surface area contributed by atoms with Crippen LogP contribution in [0, 0.1) is 0 Å². The minimum atomic E-state index is 0.245. The molecule has 10 heavy (non-hydrogen) atoms. The van der Waals surface area contributed by atoms with Crippen LogP contribution in [-0.2, 0) is 0 Å². The summed E-state index contributed by atoms with van der Waals surface area (Å²) in [6.07, 6.45) is 7.41. The molecule has 0 aromatic heterocycles. The Bertz CT molecular complexity index is 273. The van der Waals surface area contributed by atoms with E-state index >= 15 is 0 Å². The lowest BCUT2D eigenvalue weighted by molar-refractivity contribution is 1.23. The standard InChI is InChI=1S/C7H5BrN2/c8-6-3-9-4-7-5(6)1-2-10-7/h1-4,6H/t6-/m0/s1. The van der Waals surface area contributed by atoms with Gasteiger partial charge in [-0.2, -0.15) is 0 Å². The molecule has 0 bridgehead atoms. The summed E-state index contributed by atoms with van der Waals surface area (Å²) in [5.74, 6) is 0. The van der Waals surface area contributed by atoms with Crippen LogP contribution in [0.15, 0.2) is 33.5 Å². The molecule has 0 spiro atoms. The van der Waals surface area contributed by atoms with Crippen molar-refractivity contribution in [2.45, 2.75) is 4.83 Å². The van der Waals surface area contributed by atoms with Gasteiger partial charge in [-0.1, -0.05) is 15.9 Å². The molecule has 2 heterocycles. The SMILES string of the molecule is Br[C@H]1C=NC=C2N=CC=C21. The van der Waals surface area contributed by atoms with Crippen molar-refractivity contribution < 1.29 is 0 Å². The predicted molar refractivity (Wildman–Crippen MR) is 45.9 cm³/mol. The molecule has 2 aliphatic heterocycles. The second-order valence-electron chi connectivity index (χ2n) is 2.11. The zero-order valence-electron chi connectivity index (χ0n) is 5.16. The lowest BCUT2D eigenvalue weighted by Gasteiger charge is -2.09. The van der Waals surface area contributed by atoms with E-state index < -0.39 is 0 Å². The average molecular weight is 197 g/mol. The molecule has 0 aromatic carbocycles. The molecular weight excluding hydrogens is 192 g/mol.